The van der Waals surface area contributed by atoms with Gasteiger partial charge >= 0.3 is 0 Å². The number of hydrogen-bond acceptors (Lipinski definition) is 1. The average molecular weight is 418 g/mol. The van der Waals surface area contributed by atoms with Crippen molar-refractivity contribution < 1.29 is 0 Å². The Kier molecular flexibility index (Phi) is 5.67. The van der Waals surface area contributed by atoms with Gasteiger partial charge < -0.3 is 5.32 Å². The first kappa shape index (κ1) is 16.0. The van der Waals surface area contributed by atoms with Gasteiger partial charge in [0.05, 0.1) is 0 Å². The van der Waals surface area contributed by atoms with Crippen molar-refractivity contribution in [1.29, 1.82) is 0 Å². The van der Waals surface area contributed by atoms with Crippen LogP contribution >= 0.6 is 43.5 Å². The van der Waals surface area contributed by atoms with Gasteiger partial charge in [0.25, 0.3) is 0 Å². The van der Waals surface area contributed by atoms with Gasteiger partial charge in [0.2, 0.25) is 0 Å². The van der Waals surface area contributed by atoms with E-state index in [9.17, 15) is 0 Å². The largest absolute Gasteiger partial charge is 0.313 e. The highest BCUT2D eigenvalue weighted by Gasteiger charge is 2.15. The zero-order valence-corrected chi connectivity index (χ0v) is 15.3. The number of rotatable bonds is 4. The molecular weight excluding hydrogens is 401 g/mol. The van der Waals surface area contributed by atoms with E-state index in [1.165, 1.54) is 11.1 Å². The van der Waals surface area contributed by atoms with Crippen molar-refractivity contribution in [3.63, 3.8) is 0 Å². The minimum Gasteiger partial charge on any atom is -0.313 e. The van der Waals surface area contributed by atoms with Crippen LogP contribution in [0.5, 0.6) is 0 Å². The molecule has 0 aliphatic heterocycles. The third kappa shape index (κ3) is 3.85. The summed E-state index contributed by atoms with van der Waals surface area (Å²) in [5, 5.41) is 4.20. The minimum atomic E-state index is 0.210. The van der Waals surface area contributed by atoms with Gasteiger partial charge in [-0.05, 0) is 61.3 Å². The van der Waals surface area contributed by atoms with Gasteiger partial charge in [0.15, 0.2) is 0 Å². The van der Waals surface area contributed by atoms with Crippen LogP contribution in [0, 0.1) is 6.92 Å². The van der Waals surface area contributed by atoms with E-state index in [1.807, 2.05) is 19.2 Å². The summed E-state index contributed by atoms with van der Waals surface area (Å²) >= 11 is 13.5. The normalized spacial score (nSPS) is 12.4. The highest BCUT2D eigenvalue weighted by atomic mass is 79.9. The van der Waals surface area contributed by atoms with E-state index in [2.05, 4.69) is 68.4 Å². The van der Waals surface area contributed by atoms with Crippen molar-refractivity contribution in [2.24, 2.45) is 0 Å². The third-order valence-corrected chi connectivity index (χ3v) is 4.88. The standard InChI is InChI=1S/C16H16Br2ClN/c1-10-3-4-11(15(19)7-10)8-16(20-2)13-9-12(17)5-6-14(13)18/h3-7,9,16,20H,8H2,1-2H3. The summed E-state index contributed by atoms with van der Waals surface area (Å²) in [5.74, 6) is 0. The van der Waals surface area contributed by atoms with Gasteiger partial charge in [0.1, 0.15) is 0 Å². The molecule has 1 nitrogen and oxygen atoms in total. The summed E-state index contributed by atoms with van der Waals surface area (Å²) in [4.78, 5) is 0. The maximum atomic E-state index is 6.34. The molecule has 0 radical (unpaired) electrons. The van der Waals surface area contributed by atoms with Crippen molar-refractivity contribution >= 4 is 43.5 Å². The number of aryl methyl sites for hydroxylation is 1. The molecule has 0 saturated carbocycles. The van der Waals surface area contributed by atoms with Crippen molar-refractivity contribution in [1.82, 2.24) is 5.32 Å². The van der Waals surface area contributed by atoms with E-state index in [-0.39, 0.29) is 6.04 Å². The lowest BCUT2D eigenvalue weighted by molar-refractivity contribution is 0.589. The molecule has 1 atom stereocenters. The smallest absolute Gasteiger partial charge is 0.0441 e. The van der Waals surface area contributed by atoms with E-state index >= 15 is 0 Å². The Morgan fingerprint density at radius 2 is 1.90 bits per heavy atom. The average Bonchev–Trinajstić information content (AvgIpc) is 2.41. The van der Waals surface area contributed by atoms with E-state index in [4.69, 9.17) is 11.6 Å². The second kappa shape index (κ2) is 7.08. The molecule has 1 unspecified atom stereocenters. The van der Waals surface area contributed by atoms with Crippen LogP contribution in [0.3, 0.4) is 0 Å². The van der Waals surface area contributed by atoms with E-state index in [1.54, 1.807) is 0 Å². The summed E-state index contributed by atoms with van der Waals surface area (Å²) in [6.45, 7) is 2.05. The molecule has 0 bridgehead atoms. The Labute approximate surface area is 142 Å². The number of nitrogens with one attached hydrogen (secondary N) is 1. The molecule has 2 aromatic carbocycles. The van der Waals surface area contributed by atoms with E-state index in [0.29, 0.717) is 0 Å². The predicted octanol–water partition coefficient (Wildman–Crippen LogP) is 5.68. The summed E-state index contributed by atoms with van der Waals surface area (Å²) in [7, 11) is 1.97. The van der Waals surface area contributed by atoms with Gasteiger partial charge in [-0.25, -0.2) is 0 Å². The van der Waals surface area contributed by atoms with Crippen LogP contribution in [0.1, 0.15) is 22.7 Å². The molecule has 4 heteroatoms. The Balaban J connectivity index is 2.31. The van der Waals surface area contributed by atoms with Crippen LogP contribution in [0.15, 0.2) is 45.3 Å². The molecule has 0 amide bonds. The van der Waals surface area contributed by atoms with Crippen molar-refractivity contribution in [2.75, 3.05) is 7.05 Å². The fourth-order valence-electron chi connectivity index (χ4n) is 2.19. The summed E-state index contributed by atoms with van der Waals surface area (Å²) in [5.41, 5.74) is 3.56. The zero-order chi connectivity index (χ0) is 14.7. The first-order chi connectivity index (χ1) is 9.51. The van der Waals surface area contributed by atoms with Gasteiger partial charge in [-0.1, -0.05) is 55.6 Å². The molecule has 0 heterocycles. The second-order valence-corrected chi connectivity index (χ2v) is 6.98. The lowest BCUT2D eigenvalue weighted by atomic mass is 9.98. The number of halogens is 3. The molecule has 0 aromatic heterocycles. The van der Waals surface area contributed by atoms with Crippen LogP contribution in [0.4, 0.5) is 0 Å². The Bertz CT molecular complexity index is 613. The molecule has 20 heavy (non-hydrogen) atoms. The van der Waals surface area contributed by atoms with Gasteiger partial charge in [-0.2, -0.15) is 0 Å². The topological polar surface area (TPSA) is 12.0 Å². The maximum absolute atomic E-state index is 6.34. The molecule has 0 aliphatic carbocycles. The monoisotopic (exact) mass is 415 g/mol. The molecule has 0 saturated heterocycles. The Morgan fingerprint density at radius 3 is 2.55 bits per heavy atom. The van der Waals surface area contributed by atoms with Crippen LogP contribution < -0.4 is 5.32 Å². The van der Waals surface area contributed by atoms with E-state index in [0.717, 1.165) is 26.0 Å². The predicted molar refractivity (Wildman–Crippen MR) is 93.5 cm³/mol. The minimum absolute atomic E-state index is 0.210. The highest BCUT2D eigenvalue weighted by molar-refractivity contribution is 9.11. The molecule has 0 aliphatic rings. The van der Waals surface area contributed by atoms with Crippen molar-refractivity contribution in [3.05, 3.63) is 67.1 Å². The maximum Gasteiger partial charge on any atom is 0.0441 e. The summed E-state index contributed by atoms with van der Waals surface area (Å²) < 4.78 is 2.18. The van der Waals surface area contributed by atoms with Gasteiger partial charge in [-0.15, -0.1) is 0 Å². The summed E-state index contributed by atoms with van der Waals surface area (Å²) in [6, 6.07) is 12.6. The van der Waals surface area contributed by atoms with Crippen LogP contribution in [0.2, 0.25) is 5.02 Å². The van der Waals surface area contributed by atoms with Crippen LogP contribution in [0.25, 0.3) is 0 Å². The highest BCUT2D eigenvalue weighted by Crippen LogP contribution is 2.30. The van der Waals surface area contributed by atoms with Crippen LogP contribution in [-0.4, -0.2) is 7.05 Å². The van der Waals surface area contributed by atoms with Crippen molar-refractivity contribution in [3.8, 4) is 0 Å². The quantitative estimate of drug-likeness (QED) is 0.675. The molecule has 0 fully saturated rings. The van der Waals surface area contributed by atoms with Crippen molar-refractivity contribution in [2.45, 2.75) is 19.4 Å². The SMILES string of the molecule is CNC(Cc1ccc(C)cc1Cl)c1cc(Br)ccc1Br. The molecule has 0 spiro atoms. The lowest BCUT2D eigenvalue weighted by Gasteiger charge is -2.19. The first-order valence-corrected chi connectivity index (χ1v) is 8.35. The fourth-order valence-corrected chi connectivity index (χ4v) is 3.40. The van der Waals surface area contributed by atoms with Crippen LogP contribution in [-0.2, 0) is 6.42 Å². The zero-order valence-electron chi connectivity index (χ0n) is 11.4. The third-order valence-electron chi connectivity index (χ3n) is 3.31. The number of benzene rings is 2. The molecule has 2 rings (SSSR count). The molecular formula is C16H16Br2ClN. The lowest BCUT2D eigenvalue weighted by Crippen LogP contribution is -2.19. The Morgan fingerprint density at radius 1 is 1.15 bits per heavy atom. The summed E-state index contributed by atoms with van der Waals surface area (Å²) in [6.07, 6.45) is 0.852. The van der Waals surface area contributed by atoms with Gasteiger partial charge in [-0.3, -0.25) is 0 Å². The number of likely N-dealkylation sites (N-methyl/N-ethyl adjacent to an activating group) is 1. The first-order valence-electron chi connectivity index (χ1n) is 6.38. The molecule has 2 aromatic rings. The fraction of sp³-hybridized carbons (Fsp3) is 0.250. The number of hydrogen-bond donors (Lipinski definition) is 1. The second-order valence-electron chi connectivity index (χ2n) is 4.81. The molecule has 106 valence electrons. The molecule has 1 N–H and O–H groups in total. The Hall–Kier alpha value is -0.350. The van der Waals surface area contributed by atoms with E-state index < -0.39 is 0 Å². The van der Waals surface area contributed by atoms with Gasteiger partial charge in [0, 0.05) is 20.0 Å².